The molecule has 1 atom stereocenters. The van der Waals surface area contributed by atoms with Crippen LogP contribution in [0.1, 0.15) is 40.5 Å². The molecule has 5 nitrogen and oxygen atoms in total. The average molecular weight is 256 g/mol. The fourth-order valence-electron chi connectivity index (χ4n) is 2.03. The van der Waals surface area contributed by atoms with Crippen LogP contribution in [0.4, 0.5) is 4.79 Å². The summed E-state index contributed by atoms with van der Waals surface area (Å²) in [6, 6.07) is -0.164. The number of hydrogen-bond donors (Lipinski definition) is 2. The Kier molecular flexibility index (Phi) is 4.59. The molecular formula is C13H24N2O3. The molecule has 0 radical (unpaired) electrons. The van der Waals surface area contributed by atoms with Crippen molar-refractivity contribution in [2.45, 2.75) is 46.1 Å². The number of nitrogens with one attached hydrogen (secondary N) is 1. The molecule has 1 aliphatic carbocycles. The van der Waals surface area contributed by atoms with Crippen molar-refractivity contribution in [1.29, 1.82) is 0 Å². The fourth-order valence-corrected chi connectivity index (χ4v) is 2.03. The number of urea groups is 1. The summed E-state index contributed by atoms with van der Waals surface area (Å²) in [6.45, 7) is 8.29. The minimum Gasteiger partial charge on any atom is -0.481 e. The highest BCUT2D eigenvalue weighted by Gasteiger charge is 2.39. The molecule has 1 rings (SSSR count). The Labute approximate surface area is 109 Å². The molecule has 18 heavy (non-hydrogen) atoms. The molecule has 0 bridgehead atoms. The Morgan fingerprint density at radius 2 is 2.00 bits per heavy atom. The van der Waals surface area contributed by atoms with Crippen LogP contribution in [-0.4, -0.2) is 40.6 Å². The van der Waals surface area contributed by atoms with Gasteiger partial charge < -0.3 is 15.3 Å². The molecule has 2 amide bonds. The maximum absolute atomic E-state index is 12.1. The van der Waals surface area contributed by atoms with Gasteiger partial charge in [-0.25, -0.2) is 4.79 Å². The third-order valence-electron chi connectivity index (χ3n) is 3.61. The zero-order valence-corrected chi connectivity index (χ0v) is 11.7. The monoisotopic (exact) mass is 256 g/mol. The maximum atomic E-state index is 12.1. The Bertz CT molecular complexity index is 324. The zero-order valence-electron chi connectivity index (χ0n) is 11.7. The van der Waals surface area contributed by atoms with Gasteiger partial charge in [-0.05, 0) is 39.5 Å². The van der Waals surface area contributed by atoms with Crippen molar-refractivity contribution in [3.05, 3.63) is 0 Å². The van der Waals surface area contributed by atoms with E-state index in [9.17, 15) is 9.59 Å². The van der Waals surface area contributed by atoms with Gasteiger partial charge in [-0.15, -0.1) is 0 Å². The molecule has 2 N–H and O–H groups in total. The topological polar surface area (TPSA) is 69.6 Å². The highest BCUT2D eigenvalue weighted by Crippen LogP contribution is 2.39. The maximum Gasteiger partial charge on any atom is 0.317 e. The van der Waals surface area contributed by atoms with E-state index >= 15 is 0 Å². The summed E-state index contributed by atoms with van der Waals surface area (Å²) in [5.74, 6) is -0.862. The summed E-state index contributed by atoms with van der Waals surface area (Å²) >= 11 is 0. The van der Waals surface area contributed by atoms with Crippen molar-refractivity contribution >= 4 is 12.0 Å². The first-order valence-corrected chi connectivity index (χ1v) is 6.57. The van der Waals surface area contributed by atoms with Gasteiger partial charge in [0.05, 0.1) is 5.92 Å². The van der Waals surface area contributed by atoms with E-state index in [-0.39, 0.29) is 18.1 Å². The van der Waals surface area contributed by atoms with E-state index in [1.54, 1.807) is 11.8 Å². The second kappa shape index (κ2) is 5.59. The lowest BCUT2D eigenvalue weighted by Crippen LogP contribution is -2.52. The number of amides is 2. The van der Waals surface area contributed by atoms with E-state index < -0.39 is 11.9 Å². The van der Waals surface area contributed by atoms with Crippen LogP contribution in [0.2, 0.25) is 0 Å². The lowest BCUT2D eigenvalue weighted by molar-refractivity contribution is -0.141. The number of rotatable bonds is 6. The van der Waals surface area contributed by atoms with Gasteiger partial charge in [0.25, 0.3) is 0 Å². The van der Waals surface area contributed by atoms with Gasteiger partial charge in [0.1, 0.15) is 0 Å². The van der Waals surface area contributed by atoms with Crippen LogP contribution in [0.3, 0.4) is 0 Å². The van der Waals surface area contributed by atoms with Crippen LogP contribution in [0, 0.1) is 11.8 Å². The number of aliphatic carboxylic acids is 1. The van der Waals surface area contributed by atoms with Crippen LogP contribution in [0.5, 0.6) is 0 Å². The predicted molar refractivity (Wildman–Crippen MR) is 69.4 cm³/mol. The van der Waals surface area contributed by atoms with Gasteiger partial charge in [-0.2, -0.15) is 0 Å². The van der Waals surface area contributed by atoms with Crippen molar-refractivity contribution < 1.29 is 14.7 Å². The highest BCUT2D eigenvalue weighted by molar-refractivity contribution is 5.76. The second-order valence-electron chi connectivity index (χ2n) is 5.70. The van der Waals surface area contributed by atoms with Crippen LogP contribution in [-0.2, 0) is 4.79 Å². The summed E-state index contributed by atoms with van der Waals surface area (Å²) in [4.78, 5) is 24.5. The van der Waals surface area contributed by atoms with Crippen molar-refractivity contribution in [2.75, 3.05) is 13.1 Å². The van der Waals surface area contributed by atoms with Gasteiger partial charge in [0.15, 0.2) is 0 Å². The number of carbonyl (C=O) groups is 2. The first-order valence-electron chi connectivity index (χ1n) is 6.57. The smallest absolute Gasteiger partial charge is 0.317 e. The number of carbonyl (C=O) groups excluding carboxylic acids is 1. The standard InChI is InChI=1S/C13H24N2O3/c1-5-15(8-9(2)11(16)17)12(18)14-13(3,4)10-6-7-10/h9-10H,5-8H2,1-4H3,(H,14,18)(H,16,17). The van der Waals surface area contributed by atoms with Crippen LogP contribution >= 0.6 is 0 Å². The molecule has 104 valence electrons. The van der Waals surface area contributed by atoms with Gasteiger partial charge in [0, 0.05) is 18.6 Å². The van der Waals surface area contributed by atoms with Crippen molar-refractivity contribution in [2.24, 2.45) is 11.8 Å². The SMILES string of the molecule is CCN(CC(C)C(=O)O)C(=O)NC(C)(C)C1CC1. The number of hydrogen-bond acceptors (Lipinski definition) is 2. The molecule has 1 saturated carbocycles. The molecule has 5 heteroatoms. The summed E-state index contributed by atoms with van der Waals surface area (Å²) in [7, 11) is 0. The van der Waals surface area contributed by atoms with Crippen LogP contribution in [0.25, 0.3) is 0 Å². The Hall–Kier alpha value is -1.26. The third kappa shape index (κ3) is 3.89. The van der Waals surface area contributed by atoms with Crippen LogP contribution < -0.4 is 5.32 Å². The molecule has 0 heterocycles. The van der Waals surface area contributed by atoms with Gasteiger partial charge >= 0.3 is 12.0 Å². The summed E-state index contributed by atoms with van der Waals surface area (Å²) in [6.07, 6.45) is 2.32. The van der Waals surface area contributed by atoms with Gasteiger partial charge in [-0.1, -0.05) is 6.92 Å². The van der Waals surface area contributed by atoms with E-state index in [0.717, 1.165) is 12.8 Å². The molecule has 1 fully saturated rings. The quantitative estimate of drug-likeness (QED) is 0.763. The van der Waals surface area contributed by atoms with E-state index in [0.29, 0.717) is 12.5 Å². The molecule has 0 aromatic carbocycles. The van der Waals surface area contributed by atoms with Crippen molar-refractivity contribution in [3.63, 3.8) is 0 Å². The lowest BCUT2D eigenvalue weighted by atomic mass is 9.99. The minimum atomic E-state index is -0.872. The molecule has 0 aliphatic heterocycles. The van der Waals surface area contributed by atoms with E-state index in [4.69, 9.17) is 5.11 Å². The van der Waals surface area contributed by atoms with Crippen molar-refractivity contribution in [1.82, 2.24) is 10.2 Å². The number of nitrogens with zero attached hydrogens (tertiary/aromatic N) is 1. The van der Waals surface area contributed by atoms with Crippen LogP contribution in [0.15, 0.2) is 0 Å². The molecule has 0 aromatic heterocycles. The summed E-state index contributed by atoms with van der Waals surface area (Å²) in [5.41, 5.74) is -0.197. The van der Waals surface area contributed by atoms with E-state index in [2.05, 4.69) is 5.32 Å². The first-order chi connectivity index (χ1) is 8.27. The number of carboxylic acids is 1. The largest absolute Gasteiger partial charge is 0.481 e. The Morgan fingerprint density at radius 1 is 1.44 bits per heavy atom. The predicted octanol–water partition coefficient (Wildman–Crippen LogP) is 1.93. The Morgan fingerprint density at radius 3 is 2.39 bits per heavy atom. The molecule has 0 saturated heterocycles. The second-order valence-corrected chi connectivity index (χ2v) is 5.70. The molecule has 0 spiro atoms. The van der Waals surface area contributed by atoms with Crippen molar-refractivity contribution in [3.8, 4) is 0 Å². The first kappa shape index (κ1) is 14.8. The normalized spacial score (nSPS) is 17.1. The van der Waals surface area contributed by atoms with E-state index in [1.165, 1.54) is 0 Å². The fraction of sp³-hybridized carbons (Fsp3) is 0.846. The average Bonchev–Trinajstić information content (AvgIpc) is 3.08. The van der Waals surface area contributed by atoms with E-state index in [1.807, 2.05) is 20.8 Å². The molecular weight excluding hydrogens is 232 g/mol. The van der Waals surface area contributed by atoms with Gasteiger partial charge in [-0.3, -0.25) is 4.79 Å². The zero-order chi connectivity index (χ0) is 13.9. The lowest BCUT2D eigenvalue weighted by Gasteiger charge is -2.31. The molecule has 0 aromatic rings. The van der Waals surface area contributed by atoms with Gasteiger partial charge in [0.2, 0.25) is 0 Å². The highest BCUT2D eigenvalue weighted by atomic mass is 16.4. The molecule has 1 aliphatic rings. The molecule has 1 unspecified atom stereocenters. The number of carboxylic acid groups (broad SMARTS) is 1. The summed E-state index contributed by atoms with van der Waals surface area (Å²) in [5, 5.41) is 11.9. The summed E-state index contributed by atoms with van der Waals surface area (Å²) < 4.78 is 0. The minimum absolute atomic E-state index is 0.164. The Balaban J connectivity index is 2.53. The third-order valence-corrected chi connectivity index (χ3v) is 3.61.